The number of hydrogen-bond donors (Lipinski definition) is 0. The number of carbonyl (C=O) groups is 1. The summed E-state index contributed by atoms with van der Waals surface area (Å²) >= 11 is 0. The Morgan fingerprint density at radius 2 is 1.95 bits per heavy atom. The molecule has 0 aromatic heterocycles. The molecule has 0 aliphatic carbocycles. The van der Waals surface area contributed by atoms with Gasteiger partial charge in [0.2, 0.25) is 0 Å². The number of rotatable bonds is 4. The minimum absolute atomic E-state index is 0.458. The van der Waals surface area contributed by atoms with E-state index < -0.39 is 5.97 Å². The Morgan fingerprint density at radius 1 is 1.25 bits per heavy atom. The molecule has 3 rings (SSSR count). The molecule has 1 aromatic carbocycles. The highest BCUT2D eigenvalue weighted by molar-refractivity contribution is 5.85. The molecule has 106 valence electrons. The lowest BCUT2D eigenvalue weighted by Crippen LogP contribution is -2.07. The Labute approximate surface area is 118 Å². The molecule has 0 unspecified atom stereocenters. The van der Waals surface area contributed by atoms with Crippen LogP contribution in [0.25, 0.3) is 0 Å². The smallest absolute Gasteiger partial charge is 0.335 e. The standard InChI is InChI=1S/C16H18O4/c1-3-5-10-11-6-8-19-15(11)16(20-13(17)4-2)12-7-9-18-14(10)12/h4H,2-3,5-9H2,1H3. The average molecular weight is 274 g/mol. The summed E-state index contributed by atoms with van der Waals surface area (Å²) < 4.78 is 16.9. The molecule has 0 bridgehead atoms. The van der Waals surface area contributed by atoms with Crippen LogP contribution in [0.15, 0.2) is 12.7 Å². The molecule has 0 N–H and O–H groups in total. The summed E-state index contributed by atoms with van der Waals surface area (Å²) in [6.07, 6.45) is 4.78. The molecule has 0 atom stereocenters. The third kappa shape index (κ3) is 1.96. The first kappa shape index (κ1) is 13.0. The van der Waals surface area contributed by atoms with E-state index in [9.17, 15) is 4.79 Å². The minimum Gasteiger partial charge on any atom is -0.493 e. The molecule has 2 aliphatic rings. The van der Waals surface area contributed by atoms with Crippen LogP contribution in [0.2, 0.25) is 0 Å². The van der Waals surface area contributed by atoms with Crippen molar-refractivity contribution in [3.05, 3.63) is 29.3 Å². The SMILES string of the molecule is C=CC(=O)Oc1c2c(c(CCC)c3c1OCC3)OCC2. The van der Waals surface area contributed by atoms with E-state index in [-0.39, 0.29) is 0 Å². The molecular formula is C16H18O4. The summed E-state index contributed by atoms with van der Waals surface area (Å²) in [4.78, 5) is 11.6. The molecule has 0 saturated heterocycles. The zero-order chi connectivity index (χ0) is 14.1. The van der Waals surface area contributed by atoms with Gasteiger partial charge in [0.25, 0.3) is 0 Å². The Balaban J connectivity index is 2.15. The fourth-order valence-electron chi connectivity index (χ4n) is 2.93. The second-order valence-corrected chi connectivity index (χ2v) is 5.00. The van der Waals surface area contributed by atoms with Gasteiger partial charge in [-0.25, -0.2) is 4.79 Å². The molecule has 0 fully saturated rings. The van der Waals surface area contributed by atoms with Crippen LogP contribution < -0.4 is 14.2 Å². The third-order valence-corrected chi connectivity index (χ3v) is 3.73. The first-order valence-corrected chi connectivity index (χ1v) is 7.06. The highest BCUT2D eigenvalue weighted by Crippen LogP contribution is 2.49. The van der Waals surface area contributed by atoms with Crippen molar-refractivity contribution in [3.63, 3.8) is 0 Å². The highest BCUT2D eigenvalue weighted by atomic mass is 16.6. The number of hydrogen-bond acceptors (Lipinski definition) is 4. The fourth-order valence-corrected chi connectivity index (χ4v) is 2.93. The van der Waals surface area contributed by atoms with E-state index in [0.717, 1.165) is 48.3 Å². The van der Waals surface area contributed by atoms with Gasteiger partial charge in [0.15, 0.2) is 11.5 Å². The van der Waals surface area contributed by atoms with Gasteiger partial charge in [-0.2, -0.15) is 0 Å². The Kier molecular flexibility index (Phi) is 3.38. The minimum atomic E-state index is -0.458. The predicted molar refractivity (Wildman–Crippen MR) is 74.7 cm³/mol. The van der Waals surface area contributed by atoms with Crippen molar-refractivity contribution in [1.82, 2.24) is 0 Å². The maximum atomic E-state index is 11.6. The molecule has 0 spiro atoms. The molecule has 2 aliphatic heterocycles. The second kappa shape index (κ2) is 5.19. The van der Waals surface area contributed by atoms with Gasteiger partial charge in [-0.1, -0.05) is 19.9 Å². The number of esters is 1. The molecular weight excluding hydrogens is 256 g/mol. The Hall–Kier alpha value is -1.97. The van der Waals surface area contributed by atoms with Crippen LogP contribution >= 0.6 is 0 Å². The molecule has 1 aromatic rings. The van der Waals surface area contributed by atoms with Crippen LogP contribution in [0.4, 0.5) is 0 Å². The lowest BCUT2D eigenvalue weighted by atomic mass is 9.95. The van der Waals surface area contributed by atoms with E-state index in [0.29, 0.717) is 19.0 Å². The second-order valence-electron chi connectivity index (χ2n) is 5.00. The number of ether oxygens (including phenoxy) is 3. The van der Waals surface area contributed by atoms with Gasteiger partial charge in [0.1, 0.15) is 5.75 Å². The molecule has 4 heteroatoms. The molecule has 4 nitrogen and oxygen atoms in total. The number of benzene rings is 1. The van der Waals surface area contributed by atoms with Crippen LogP contribution in [0.3, 0.4) is 0 Å². The van der Waals surface area contributed by atoms with Crippen molar-refractivity contribution < 1.29 is 19.0 Å². The Bertz CT molecular complexity index is 539. The molecule has 0 saturated carbocycles. The molecule has 20 heavy (non-hydrogen) atoms. The van der Waals surface area contributed by atoms with Crippen molar-refractivity contribution in [2.45, 2.75) is 32.6 Å². The quantitative estimate of drug-likeness (QED) is 0.481. The van der Waals surface area contributed by atoms with E-state index >= 15 is 0 Å². The van der Waals surface area contributed by atoms with Crippen LogP contribution in [0.1, 0.15) is 30.0 Å². The van der Waals surface area contributed by atoms with Crippen molar-refractivity contribution in [1.29, 1.82) is 0 Å². The van der Waals surface area contributed by atoms with Crippen LogP contribution in [-0.4, -0.2) is 19.2 Å². The number of carbonyl (C=O) groups excluding carboxylic acids is 1. The molecule has 0 amide bonds. The van der Waals surface area contributed by atoms with Gasteiger partial charge in [-0.05, 0) is 6.42 Å². The topological polar surface area (TPSA) is 44.8 Å². The number of fused-ring (bicyclic) bond motifs is 2. The lowest BCUT2D eigenvalue weighted by Gasteiger charge is -2.16. The summed E-state index contributed by atoms with van der Waals surface area (Å²) in [5, 5.41) is 0. The fraction of sp³-hybridized carbons (Fsp3) is 0.438. The van der Waals surface area contributed by atoms with Gasteiger partial charge < -0.3 is 14.2 Å². The Morgan fingerprint density at radius 3 is 2.65 bits per heavy atom. The lowest BCUT2D eigenvalue weighted by molar-refractivity contribution is -0.129. The van der Waals surface area contributed by atoms with E-state index in [1.54, 1.807) is 0 Å². The molecule has 2 heterocycles. The van der Waals surface area contributed by atoms with Gasteiger partial charge in [-0.3, -0.25) is 0 Å². The zero-order valence-corrected chi connectivity index (χ0v) is 11.7. The van der Waals surface area contributed by atoms with Crippen LogP contribution in [0, 0.1) is 0 Å². The highest BCUT2D eigenvalue weighted by Gasteiger charge is 2.32. The first-order valence-electron chi connectivity index (χ1n) is 7.06. The third-order valence-electron chi connectivity index (χ3n) is 3.73. The van der Waals surface area contributed by atoms with Gasteiger partial charge in [0, 0.05) is 35.6 Å². The maximum Gasteiger partial charge on any atom is 0.335 e. The first-order chi connectivity index (χ1) is 9.76. The summed E-state index contributed by atoms with van der Waals surface area (Å²) in [6, 6.07) is 0. The average Bonchev–Trinajstić information content (AvgIpc) is 3.10. The zero-order valence-electron chi connectivity index (χ0n) is 11.7. The summed E-state index contributed by atoms with van der Waals surface area (Å²) in [5.74, 6) is 1.71. The maximum absolute atomic E-state index is 11.6. The van der Waals surface area contributed by atoms with Crippen LogP contribution in [0.5, 0.6) is 17.2 Å². The molecule has 0 radical (unpaired) electrons. The van der Waals surface area contributed by atoms with Gasteiger partial charge in [-0.15, -0.1) is 0 Å². The van der Waals surface area contributed by atoms with E-state index in [4.69, 9.17) is 14.2 Å². The summed E-state index contributed by atoms with van der Waals surface area (Å²) in [6.45, 7) is 6.86. The summed E-state index contributed by atoms with van der Waals surface area (Å²) in [7, 11) is 0. The van der Waals surface area contributed by atoms with E-state index in [1.165, 1.54) is 11.6 Å². The largest absolute Gasteiger partial charge is 0.493 e. The van der Waals surface area contributed by atoms with Crippen molar-refractivity contribution in [3.8, 4) is 17.2 Å². The van der Waals surface area contributed by atoms with Crippen molar-refractivity contribution >= 4 is 5.97 Å². The predicted octanol–water partition coefficient (Wildman–Crippen LogP) is 2.60. The van der Waals surface area contributed by atoms with Crippen molar-refractivity contribution in [2.24, 2.45) is 0 Å². The summed E-state index contributed by atoms with van der Waals surface area (Å²) in [5.41, 5.74) is 3.33. The van der Waals surface area contributed by atoms with Crippen molar-refractivity contribution in [2.75, 3.05) is 13.2 Å². The normalized spacial score (nSPS) is 15.1. The monoisotopic (exact) mass is 274 g/mol. The van der Waals surface area contributed by atoms with Crippen LogP contribution in [-0.2, 0) is 24.1 Å². The van der Waals surface area contributed by atoms with E-state index in [1.807, 2.05) is 0 Å². The van der Waals surface area contributed by atoms with E-state index in [2.05, 4.69) is 13.5 Å². The van der Waals surface area contributed by atoms with Gasteiger partial charge >= 0.3 is 5.97 Å². The van der Waals surface area contributed by atoms with Gasteiger partial charge in [0.05, 0.1) is 13.2 Å².